The quantitative estimate of drug-likeness (QED) is 0.869. The maximum Gasteiger partial charge on any atom is 0.246 e. The fraction of sp³-hybridized carbons (Fsp3) is 0.600. The second-order valence-electron chi connectivity index (χ2n) is 5.71. The number of hydrogen-bond donors (Lipinski definition) is 1. The molecule has 2 rings (SSSR count). The summed E-state index contributed by atoms with van der Waals surface area (Å²) < 4.78 is 1.59. The van der Waals surface area contributed by atoms with Crippen molar-refractivity contribution in [1.29, 1.82) is 0 Å². The van der Waals surface area contributed by atoms with Gasteiger partial charge in [0.2, 0.25) is 5.91 Å². The lowest BCUT2D eigenvalue weighted by Crippen LogP contribution is -2.45. The molecule has 2 atom stereocenters. The SMILES string of the molecule is Cc1nn(C)c(Cl)c1/C=C/C(=O)N1CC(CO)CCC1C. The van der Waals surface area contributed by atoms with E-state index < -0.39 is 0 Å². The zero-order chi connectivity index (χ0) is 15.6. The van der Waals surface area contributed by atoms with Crippen molar-refractivity contribution >= 4 is 23.6 Å². The maximum atomic E-state index is 12.4. The van der Waals surface area contributed by atoms with E-state index in [2.05, 4.69) is 5.10 Å². The number of aromatic nitrogens is 2. The molecule has 6 heteroatoms. The number of carbonyl (C=O) groups excluding carboxylic acids is 1. The summed E-state index contributed by atoms with van der Waals surface area (Å²) in [7, 11) is 1.77. The third-order valence-corrected chi connectivity index (χ3v) is 4.56. The standard InChI is InChI=1S/C15H22ClN3O2/c1-10-4-5-12(9-20)8-19(10)14(21)7-6-13-11(2)17-18(3)15(13)16/h6-7,10,12,20H,4-5,8-9H2,1-3H3/b7-6+. The molecule has 0 bridgehead atoms. The number of piperidine rings is 1. The Kier molecular flexibility index (Phi) is 5.06. The number of aliphatic hydroxyl groups is 1. The molecule has 1 saturated heterocycles. The van der Waals surface area contributed by atoms with Crippen LogP contribution >= 0.6 is 11.6 Å². The lowest BCUT2D eigenvalue weighted by Gasteiger charge is -2.36. The maximum absolute atomic E-state index is 12.4. The Morgan fingerprint density at radius 3 is 2.81 bits per heavy atom. The smallest absolute Gasteiger partial charge is 0.246 e. The fourth-order valence-electron chi connectivity index (χ4n) is 2.72. The highest BCUT2D eigenvalue weighted by molar-refractivity contribution is 6.31. The fourth-order valence-corrected chi connectivity index (χ4v) is 2.96. The van der Waals surface area contributed by atoms with Gasteiger partial charge in [-0.3, -0.25) is 9.48 Å². The normalized spacial score (nSPS) is 23.0. The highest BCUT2D eigenvalue weighted by Gasteiger charge is 2.27. The van der Waals surface area contributed by atoms with Crippen molar-refractivity contribution in [2.45, 2.75) is 32.7 Å². The van der Waals surface area contributed by atoms with Crippen LogP contribution in [0.25, 0.3) is 6.08 Å². The first kappa shape index (κ1) is 16.0. The van der Waals surface area contributed by atoms with Crippen molar-refractivity contribution in [3.05, 3.63) is 22.5 Å². The van der Waals surface area contributed by atoms with Crippen LogP contribution in [-0.2, 0) is 11.8 Å². The largest absolute Gasteiger partial charge is 0.396 e. The van der Waals surface area contributed by atoms with Crippen molar-refractivity contribution in [2.24, 2.45) is 13.0 Å². The molecule has 5 nitrogen and oxygen atoms in total. The minimum absolute atomic E-state index is 0.0417. The number of aliphatic hydroxyl groups excluding tert-OH is 1. The molecule has 116 valence electrons. The van der Waals surface area contributed by atoms with Gasteiger partial charge in [0.1, 0.15) is 5.15 Å². The third kappa shape index (κ3) is 3.47. The van der Waals surface area contributed by atoms with E-state index in [4.69, 9.17) is 11.6 Å². The molecule has 1 aromatic heterocycles. The van der Waals surface area contributed by atoms with Crippen LogP contribution in [0.4, 0.5) is 0 Å². The van der Waals surface area contributed by atoms with Gasteiger partial charge in [-0.2, -0.15) is 5.10 Å². The molecule has 1 aromatic rings. The topological polar surface area (TPSA) is 58.4 Å². The lowest BCUT2D eigenvalue weighted by atomic mass is 9.94. The molecule has 0 aliphatic carbocycles. The molecule has 1 fully saturated rings. The van der Waals surface area contributed by atoms with E-state index in [0.29, 0.717) is 11.7 Å². The van der Waals surface area contributed by atoms with Gasteiger partial charge in [0.15, 0.2) is 0 Å². The van der Waals surface area contributed by atoms with E-state index in [-0.39, 0.29) is 24.5 Å². The van der Waals surface area contributed by atoms with E-state index in [1.165, 1.54) is 0 Å². The molecular formula is C15H22ClN3O2. The summed E-state index contributed by atoms with van der Waals surface area (Å²) in [6.45, 7) is 4.65. The van der Waals surface area contributed by atoms with Crippen LogP contribution < -0.4 is 0 Å². The monoisotopic (exact) mass is 311 g/mol. The molecule has 2 heterocycles. The van der Waals surface area contributed by atoms with E-state index in [9.17, 15) is 9.90 Å². The molecule has 21 heavy (non-hydrogen) atoms. The lowest BCUT2D eigenvalue weighted by molar-refractivity contribution is -0.130. The number of amides is 1. The summed E-state index contributed by atoms with van der Waals surface area (Å²) in [5.41, 5.74) is 1.57. The van der Waals surface area contributed by atoms with Crippen molar-refractivity contribution < 1.29 is 9.90 Å². The number of rotatable bonds is 3. The van der Waals surface area contributed by atoms with Gasteiger partial charge in [0.05, 0.1) is 5.69 Å². The summed E-state index contributed by atoms with van der Waals surface area (Å²) in [5, 5.41) is 14.0. The van der Waals surface area contributed by atoms with E-state index in [1.54, 1.807) is 23.9 Å². The molecule has 2 unspecified atom stereocenters. The number of hydrogen-bond acceptors (Lipinski definition) is 3. The summed E-state index contributed by atoms with van der Waals surface area (Å²) in [6, 6.07) is 0.204. The van der Waals surface area contributed by atoms with Crippen LogP contribution in [0.2, 0.25) is 5.15 Å². The molecule has 1 amide bonds. The van der Waals surface area contributed by atoms with Gasteiger partial charge in [-0.05, 0) is 38.7 Å². The van der Waals surface area contributed by atoms with Crippen molar-refractivity contribution in [1.82, 2.24) is 14.7 Å². The summed E-state index contributed by atoms with van der Waals surface area (Å²) >= 11 is 6.15. The minimum atomic E-state index is -0.0417. The van der Waals surface area contributed by atoms with Gasteiger partial charge in [0, 0.05) is 37.9 Å². The zero-order valence-corrected chi connectivity index (χ0v) is 13.5. The predicted molar refractivity (Wildman–Crippen MR) is 83.0 cm³/mol. The Bertz CT molecular complexity index is 553. The second-order valence-corrected chi connectivity index (χ2v) is 6.07. The Morgan fingerprint density at radius 2 is 2.24 bits per heavy atom. The highest BCUT2D eigenvalue weighted by Crippen LogP contribution is 2.23. The second kappa shape index (κ2) is 6.62. The predicted octanol–water partition coefficient (Wildman–Crippen LogP) is 2.01. The molecule has 1 N–H and O–H groups in total. The first-order chi connectivity index (χ1) is 9.93. The molecule has 1 aliphatic heterocycles. The Labute approximate surface area is 130 Å². The average Bonchev–Trinajstić information content (AvgIpc) is 2.70. The molecule has 0 spiro atoms. The third-order valence-electron chi connectivity index (χ3n) is 4.11. The van der Waals surface area contributed by atoms with E-state index in [1.807, 2.05) is 18.7 Å². The number of carbonyl (C=O) groups is 1. The summed E-state index contributed by atoms with van der Waals surface area (Å²) in [4.78, 5) is 14.2. The first-order valence-corrected chi connectivity index (χ1v) is 7.60. The van der Waals surface area contributed by atoms with Gasteiger partial charge >= 0.3 is 0 Å². The molecule has 0 radical (unpaired) electrons. The first-order valence-electron chi connectivity index (χ1n) is 7.22. The minimum Gasteiger partial charge on any atom is -0.396 e. The number of halogens is 1. The van der Waals surface area contributed by atoms with Crippen LogP contribution in [0, 0.1) is 12.8 Å². The summed E-state index contributed by atoms with van der Waals surface area (Å²) in [5.74, 6) is 0.141. The van der Waals surface area contributed by atoms with Crippen LogP contribution in [-0.4, -0.2) is 44.9 Å². The van der Waals surface area contributed by atoms with Gasteiger partial charge in [-0.25, -0.2) is 0 Å². The molecule has 0 saturated carbocycles. The van der Waals surface area contributed by atoms with Crippen molar-refractivity contribution in [3.63, 3.8) is 0 Å². The molecule has 1 aliphatic rings. The van der Waals surface area contributed by atoms with Crippen molar-refractivity contribution in [3.8, 4) is 0 Å². The molecular weight excluding hydrogens is 290 g/mol. The van der Waals surface area contributed by atoms with Crippen LogP contribution in [0.15, 0.2) is 6.08 Å². The highest BCUT2D eigenvalue weighted by atomic mass is 35.5. The van der Waals surface area contributed by atoms with Crippen molar-refractivity contribution in [2.75, 3.05) is 13.2 Å². The van der Waals surface area contributed by atoms with Gasteiger partial charge in [-0.1, -0.05) is 11.6 Å². The Balaban J connectivity index is 2.11. The number of aryl methyl sites for hydroxylation is 2. The van der Waals surface area contributed by atoms with E-state index >= 15 is 0 Å². The Hall–Kier alpha value is -1.33. The number of nitrogens with zero attached hydrogens (tertiary/aromatic N) is 3. The van der Waals surface area contributed by atoms with Crippen LogP contribution in [0.1, 0.15) is 31.0 Å². The van der Waals surface area contributed by atoms with Gasteiger partial charge in [0.25, 0.3) is 0 Å². The number of likely N-dealkylation sites (tertiary alicyclic amines) is 1. The van der Waals surface area contributed by atoms with Gasteiger partial charge < -0.3 is 10.0 Å². The molecule has 0 aromatic carbocycles. The van der Waals surface area contributed by atoms with Crippen LogP contribution in [0.3, 0.4) is 0 Å². The zero-order valence-electron chi connectivity index (χ0n) is 12.7. The Morgan fingerprint density at radius 1 is 1.52 bits per heavy atom. The van der Waals surface area contributed by atoms with E-state index in [0.717, 1.165) is 24.1 Å². The summed E-state index contributed by atoms with van der Waals surface area (Å²) in [6.07, 6.45) is 5.17. The van der Waals surface area contributed by atoms with Crippen LogP contribution in [0.5, 0.6) is 0 Å². The van der Waals surface area contributed by atoms with Gasteiger partial charge in [-0.15, -0.1) is 0 Å². The average molecular weight is 312 g/mol.